The van der Waals surface area contributed by atoms with Crippen LogP contribution in [0.1, 0.15) is 18.4 Å². The fourth-order valence-corrected chi connectivity index (χ4v) is 1.82. The molecule has 1 unspecified atom stereocenters. The molecule has 0 saturated carbocycles. The molecule has 0 aliphatic rings. The van der Waals surface area contributed by atoms with Gasteiger partial charge in [0.1, 0.15) is 0 Å². The average Bonchev–Trinajstić information content (AvgIpc) is 2.40. The van der Waals surface area contributed by atoms with E-state index in [1.165, 1.54) is 5.56 Å². The zero-order valence-electron chi connectivity index (χ0n) is 11.0. The molecule has 0 heteroatoms. The molecule has 1 rings (SSSR count). The molecule has 0 radical (unpaired) electrons. The summed E-state index contributed by atoms with van der Waals surface area (Å²) in [5.41, 5.74) is 3.18. The Morgan fingerprint density at radius 3 is 2.28 bits per heavy atom. The Morgan fingerprint density at radius 1 is 1.06 bits per heavy atom. The van der Waals surface area contributed by atoms with Crippen molar-refractivity contribution in [1.29, 1.82) is 0 Å². The van der Waals surface area contributed by atoms with Crippen molar-refractivity contribution < 1.29 is 0 Å². The van der Waals surface area contributed by atoms with Crippen molar-refractivity contribution in [2.24, 2.45) is 0 Å². The summed E-state index contributed by atoms with van der Waals surface area (Å²) in [6, 6.07) is 10.3. The van der Waals surface area contributed by atoms with Crippen LogP contribution in [0.15, 0.2) is 91.6 Å². The van der Waals surface area contributed by atoms with E-state index in [0.717, 1.165) is 11.1 Å². The third-order valence-electron chi connectivity index (χ3n) is 2.75. The molecule has 0 nitrogen and oxygen atoms in total. The van der Waals surface area contributed by atoms with Gasteiger partial charge in [-0.15, -0.1) is 0 Å². The zero-order chi connectivity index (χ0) is 13.4. The van der Waals surface area contributed by atoms with Gasteiger partial charge in [0.15, 0.2) is 0 Å². The Kier molecular flexibility index (Phi) is 5.66. The zero-order valence-corrected chi connectivity index (χ0v) is 11.0. The second-order valence-corrected chi connectivity index (χ2v) is 4.08. The van der Waals surface area contributed by atoms with E-state index in [1.54, 1.807) is 6.08 Å². The quantitative estimate of drug-likeness (QED) is 0.595. The topological polar surface area (TPSA) is 0 Å². The Labute approximate surface area is 110 Å². The second kappa shape index (κ2) is 7.29. The Morgan fingerprint density at radius 2 is 1.72 bits per heavy atom. The lowest BCUT2D eigenvalue weighted by atomic mass is 9.86. The minimum Gasteiger partial charge on any atom is -0.0988 e. The van der Waals surface area contributed by atoms with Crippen molar-refractivity contribution in [3.8, 4) is 0 Å². The fraction of sp³-hybridized carbons (Fsp3) is 0.111. The third kappa shape index (κ3) is 3.74. The molecule has 0 spiro atoms. The van der Waals surface area contributed by atoms with E-state index in [4.69, 9.17) is 0 Å². The molecule has 0 bridgehead atoms. The van der Waals surface area contributed by atoms with Crippen LogP contribution in [0.3, 0.4) is 0 Å². The molecule has 18 heavy (non-hydrogen) atoms. The van der Waals surface area contributed by atoms with Crippen LogP contribution in [0.2, 0.25) is 0 Å². The number of benzene rings is 1. The molecule has 1 aromatic carbocycles. The maximum Gasteiger partial charge on any atom is 0.0328 e. The van der Waals surface area contributed by atoms with E-state index in [2.05, 4.69) is 31.9 Å². The summed E-state index contributed by atoms with van der Waals surface area (Å²) in [4.78, 5) is 0. The van der Waals surface area contributed by atoms with Gasteiger partial charge in [0.2, 0.25) is 0 Å². The molecule has 92 valence electrons. The van der Waals surface area contributed by atoms with E-state index in [-0.39, 0.29) is 5.92 Å². The first-order chi connectivity index (χ1) is 8.70. The van der Waals surface area contributed by atoms with Crippen molar-refractivity contribution in [2.75, 3.05) is 0 Å². The van der Waals surface area contributed by atoms with Gasteiger partial charge in [0, 0.05) is 5.92 Å². The average molecular weight is 236 g/mol. The highest BCUT2D eigenvalue weighted by Crippen LogP contribution is 2.31. The van der Waals surface area contributed by atoms with Gasteiger partial charge in [-0.1, -0.05) is 80.4 Å². The Bertz CT molecular complexity index is 472. The first-order valence-corrected chi connectivity index (χ1v) is 6.05. The van der Waals surface area contributed by atoms with Gasteiger partial charge < -0.3 is 0 Å². The highest BCUT2D eigenvalue weighted by Gasteiger charge is 2.14. The van der Waals surface area contributed by atoms with Gasteiger partial charge in [-0.2, -0.15) is 0 Å². The smallest absolute Gasteiger partial charge is 0.0328 e. The second-order valence-electron chi connectivity index (χ2n) is 4.08. The van der Waals surface area contributed by atoms with E-state index >= 15 is 0 Å². The van der Waals surface area contributed by atoms with Crippen molar-refractivity contribution >= 4 is 0 Å². The lowest BCUT2D eigenvalue weighted by Crippen LogP contribution is -2.01. The predicted molar refractivity (Wildman–Crippen MR) is 81.6 cm³/mol. The fourth-order valence-electron chi connectivity index (χ4n) is 1.82. The largest absolute Gasteiger partial charge is 0.0988 e. The first kappa shape index (κ1) is 14.0. The van der Waals surface area contributed by atoms with E-state index in [9.17, 15) is 0 Å². The predicted octanol–water partition coefficient (Wildman–Crippen LogP) is 5.20. The maximum atomic E-state index is 4.14. The Balaban J connectivity index is 3.03. The molecule has 0 aliphatic carbocycles. The molecule has 0 heterocycles. The summed E-state index contributed by atoms with van der Waals surface area (Å²) in [6.07, 6.45) is 9.79. The van der Waals surface area contributed by atoms with Gasteiger partial charge in [-0.3, -0.25) is 0 Å². The molecular weight excluding hydrogens is 216 g/mol. The summed E-state index contributed by atoms with van der Waals surface area (Å²) in [5.74, 6) is 0.102. The molecule has 0 N–H and O–H groups in total. The molecule has 0 aromatic heterocycles. The minimum absolute atomic E-state index is 0.102. The summed E-state index contributed by atoms with van der Waals surface area (Å²) in [5, 5.41) is 0. The van der Waals surface area contributed by atoms with Crippen LogP contribution >= 0.6 is 0 Å². The van der Waals surface area contributed by atoms with Crippen LogP contribution in [-0.2, 0) is 0 Å². The van der Waals surface area contributed by atoms with E-state index in [1.807, 2.05) is 49.4 Å². The summed E-state index contributed by atoms with van der Waals surface area (Å²) in [7, 11) is 0. The van der Waals surface area contributed by atoms with E-state index in [0.29, 0.717) is 0 Å². The molecule has 0 amide bonds. The van der Waals surface area contributed by atoms with Crippen LogP contribution < -0.4 is 0 Å². The highest BCUT2D eigenvalue weighted by atomic mass is 14.2. The number of hydrogen-bond acceptors (Lipinski definition) is 0. The molecule has 0 fully saturated rings. The molecule has 1 aromatic rings. The number of allylic oxidation sites excluding steroid dienone is 7. The molecular formula is C18H20. The minimum atomic E-state index is 0.102. The Hall–Kier alpha value is -2.08. The lowest BCUT2D eigenvalue weighted by molar-refractivity contribution is 0.988. The monoisotopic (exact) mass is 236 g/mol. The maximum absolute atomic E-state index is 4.14. The van der Waals surface area contributed by atoms with Crippen molar-refractivity contribution in [1.82, 2.24) is 0 Å². The number of hydrogen-bond donors (Lipinski definition) is 0. The van der Waals surface area contributed by atoms with Gasteiger partial charge in [0.05, 0.1) is 0 Å². The van der Waals surface area contributed by atoms with Gasteiger partial charge >= 0.3 is 0 Å². The van der Waals surface area contributed by atoms with Crippen LogP contribution in [0, 0.1) is 0 Å². The van der Waals surface area contributed by atoms with Crippen LogP contribution in [0.4, 0.5) is 0 Å². The SMILES string of the molecule is C=CC(=C)C(C(=C)/C=C\C=C/C)c1ccccc1. The van der Waals surface area contributed by atoms with Gasteiger partial charge in [-0.25, -0.2) is 0 Å². The van der Waals surface area contributed by atoms with Crippen LogP contribution in [0.5, 0.6) is 0 Å². The third-order valence-corrected chi connectivity index (χ3v) is 2.75. The van der Waals surface area contributed by atoms with Crippen molar-refractivity contribution in [3.05, 3.63) is 97.2 Å². The van der Waals surface area contributed by atoms with Gasteiger partial charge in [0.25, 0.3) is 0 Å². The molecule has 1 atom stereocenters. The standard InChI is InChI=1S/C18H20/c1-5-7-9-12-16(4)18(15(3)6-2)17-13-10-8-11-14-17/h5-14,18H,2-4H2,1H3/b7-5-,12-9-. The first-order valence-electron chi connectivity index (χ1n) is 6.05. The molecule has 0 aliphatic heterocycles. The van der Waals surface area contributed by atoms with Crippen LogP contribution in [0.25, 0.3) is 0 Å². The van der Waals surface area contributed by atoms with E-state index < -0.39 is 0 Å². The van der Waals surface area contributed by atoms with Crippen LogP contribution in [-0.4, -0.2) is 0 Å². The van der Waals surface area contributed by atoms with Gasteiger partial charge in [-0.05, 0) is 23.6 Å². The summed E-state index contributed by atoms with van der Waals surface area (Å²) in [6.45, 7) is 14.0. The normalized spacial score (nSPS) is 12.7. The lowest BCUT2D eigenvalue weighted by Gasteiger charge is -2.18. The van der Waals surface area contributed by atoms with Crippen molar-refractivity contribution in [2.45, 2.75) is 12.8 Å². The summed E-state index contributed by atoms with van der Waals surface area (Å²) < 4.78 is 0. The highest BCUT2D eigenvalue weighted by molar-refractivity contribution is 5.44. The number of rotatable bonds is 6. The summed E-state index contributed by atoms with van der Waals surface area (Å²) >= 11 is 0. The molecule has 0 saturated heterocycles. The van der Waals surface area contributed by atoms with Crippen molar-refractivity contribution in [3.63, 3.8) is 0 Å².